The number of pyridine rings is 1. The van der Waals surface area contributed by atoms with Gasteiger partial charge in [0.15, 0.2) is 0 Å². The summed E-state index contributed by atoms with van der Waals surface area (Å²) in [5, 5.41) is 0. The van der Waals surface area contributed by atoms with Crippen LogP contribution in [0.5, 0.6) is 0 Å². The predicted octanol–water partition coefficient (Wildman–Crippen LogP) is 2.49. The molecule has 3 heterocycles. The molecule has 0 bridgehead atoms. The lowest BCUT2D eigenvalue weighted by Gasteiger charge is -2.47. The number of nitrogens with zero attached hydrogens (tertiary/aromatic N) is 3. The molecule has 1 aromatic rings. The number of rotatable bonds is 7. The summed E-state index contributed by atoms with van der Waals surface area (Å²) in [4.78, 5) is 21.6. The molecule has 5 nitrogen and oxygen atoms in total. The van der Waals surface area contributed by atoms with Gasteiger partial charge < -0.3 is 9.64 Å². The zero-order valence-corrected chi connectivity index (χ0v) is 15.6. The molecule has 5 heteroatoms. The molecule has 2 saturated heterocycles. The summed E-state index contributed by atoms with van der Waals surface area (Å²) in [5.74, 6) is 0.937. The lowest BCUT2D eigenvalue weighted by Crippen LogP contribution is -2.56. The van der Waals surface area contributed by atoms with Crippen molar-refractivity contribution in [3.05, 3.63) is 29.6 Å². The van der Waals surface area contributed by atoms with Crippen molar-refractivity contribution in [2.24, 2.45) is 5.92 Å². The van der Waals surface area contributed by atoms with E-state index < -0.39 is 0 Å². The van der Waals surface area contributed by atoms with E-state index in [2.05, 4.69) is 33.8 Å². The van der Waals surface area contributed by atoms with Crippen LogP contribution in [0.4, 0.5) is 0 Å². The molecule has 138 valence electrons. The Labute approximate surface area is 151 Å². The van der Waals surface area contributed by atoms with Crippen molar-refractivity contribution < 1.29 is 9.53 Å². The fraction of sp³-hybridized carbons (Fsp3) is 0.700. The summed E-state index contributed by atoms with van der Waals surface area (Å²) in [6, 6.07) is 4.77. The Hall–Kier alpha value is -1.46. The lowest BCUT2D eigenvalue weighted by molar-refractivity contribution is -0.141. The van der Waals surface area contributed by atoms with Gasteiger partial charge in [-0.05, 0) is 43.2 Å². The van der Waals surface area contributed by atoms with E-state index in [0.29, 0.717) is 24.3 Å². The number of carbonyl (C=O) groups excluding carboxylic acids is 1. The monoisotopic (exact) mass is 345 g/mol. The van der Waals surface area contributed by atoms with Crippen molar-refractivity contribution in [1.82, 2.24) is 14.8 Å². The largest absolute Gasteiger partial charge is 0.385 e. The highest BCUT2D eigenvalue weighted by molar-refractivity contribution is 5.77. The predicted molar refractivity (Wildman–Crippen MR) is 98.2 cm³/mol. The number of fused-ring (bicyclic) bond motifs is 1. The molecule has 1 aromatic heterocycles. The molecule has 2 aliphatic heterocycles. The van der Waals surface area contributed by atoms with E-state index in [9.17, 15) is 4.79 Å². The van der Waals surface area contributed by atoms with Gasteiger partial charge >= 0.3 is 0 Å². The van der Waals surface area contributed by atoms with Gasteiger partial charge in [0.25, 0.3) is 0 Å². The van der Waals surface area contributed by atoms with Crippen LogP contribution in [0.3, 0.4) is 0 Å². The van der Waals surface area contributed by atoms with Gasteiger partial charge in [-0.3, -0.25) is 14.7 Å². The number of aryl methyl sites for hydroxylation is 1. The first-order valence-electron chi connectivity index (χ1n) is 9.65. The molecule has 2 aliphatic rings. The van der Waals surface area contributed by atoms with Crippen LogP contribution >= 0.6 is 0 Å². The number of methoxy groups -OCH3 is 1. The van der Waals surface area contributed by atoms with Crippen LogP contribution in [0, 0.1) is 5.92 Å². The third kappa shape index (κ3) is 4.59. The average molecular weight is 345 g/mol. The molecule has 2 fully saturated rings. The van der Waals surface area contributed by atoms with Crippen LogP contribution in [0.15, 0.2) is 18.3 Å². The highest BCUT2D eigenvalue weighted by Crippen LogP contribution is 2.31. The van der Waals surface area contributed by atoms with Gasteiger partial charge in [-0.1, -0.05) is 13.0 Å². The summed E-state index contributed by atoms with van der Waals surface area (Å²) in [5.41, 5.74) is 2.44. The van der Waals surface area contributed by atoms with Crippen molar-refractivity contribution in [1.29, 1.82) is 0 Å². The summed E-state index contributed by atoms with van der Waals surface area (Å²) < 4.78 is 5.15. The number of piperidine rings is 2. The first-order chi connectivity index (χ1) is 12.2. The van der Waals surface area contributed by atoms with Crippen LogP contribution in [0.2, 0.25) is 0 Å². The van der Waals surface area contributed by atoms with Crippen molar-refractivity contribution in [3.63, 3.8) is 0 Å². The van der Waals surface area contributed by atoms with Gasteiger partial charge in [0.1, 0.15) is 0 Å². The van der Waals surface area contributed by atoms with Crippen LogP contribution < -0.4 is 0 Å². The fourth-order valence-corrected chi connectivity index (χ4v) is 4.23. The molecule has 1 amide bonds. The van der Waals surface area contributed by atoms with E-state index >= 15 is 0 Å². The number of hydrogen-bond acceptors (Lipinski definition) is 4. The van der Waals surface area contributed by atoms with E-state index in [1.165, 1.54) is 5.56 Å². The second kappa shape index (κ2) is 8.77. The minimum Gasteiger partial charge on any atom is -0.385 e. The van der Waals surface area contributed by atoms with E-state index in [1.54, 1.807) is 7.11 Å². The first-order valence-corrected chi connectivity index (χ1v) is 9.65. The molecule has 25 heavy (non-hydrogen) atoms. The Kier molecular flexibility index (Phi) is 6.43. The molecular weight excluding hydrogens is 314 g/mol. The second-order valence-electron chi connectivity index (χ2n) is 7.33. The molecule has 0 saturated carbocycles. The maximum Gasteiger partial charge on any atom is 0.222 e. The SMILES string of the molecule is CCc1ccc(CN2CC[C@@H]3[C@@H](CCC(=O)N3CCCOC)C2)nc1. The quantitative estimate of drug-likeness (QED) is 0.712. The molecule has 0 unspecified atom stereocenters. The number of carbonyl (C=O) groups is 1. The van der Waals surface area contributed by atoms with E-state index in [0.717, 1.165) is 64.2 Å². The van der Waals surface area contributed by atoms with Crippen molar-refractivity contribution in [3.8, 4) is 0 Å². The third-order valence-electron chi connectivity index (χ3n) is 5.65. The third-order valence-corrected chi connectivity index (χ3v) is 5.65. The molecule has 2 atom stereocenters. The zero-order valence-electron chi connectivity index (χ0n) is 15.6. The molecular formula is C20H31N3O2. The van der Waals surface area contributed by atoms with E-state index in [4.69, 9.17) is 4.74 Å². The van der Waals surface area contributed by atoms with Gasteiger partial charge in [0.2, 0.25) is 5.91 Å². The van der Waals surface area contributed by atoms with Gasteiger partial charge in [-0.15, -0.1) is 0 Å². The minimum atomic E-state index is 0.336. The Balaban J connectivity index is 1.56. The summed E-state index contributed by atoms with van der Waals surface area (Å²) in [6.45, 7) is 6.78. The maximum atomic E-state index is 12.3. The number of amides is 1. The molecule has 0 aliphatic carbocycles. The number of likely N-dealkylation sites (tertiary alicyclic amines) is 2. The first kappa shape index (κ1) is 18.3. The fourth-order valence-electron chi connectivity index (χ4n) is 4.23. The molecule has 3 rings (SSSR count). The van der Waals surface area contributed by atoms with Gasteiger partial charge in [0.05, 0.1) is 5.69 Å². The lowest BCUT2D eigenvalue weighted by atomic mass is 9.83. The highest BCUT2D eigenvalue weighted by atomic mass is 16.5. The minimum absolute atomic E-state index is 0.336. The Morgan fingerprint density at radius 2 is 2.20 bits per heavy atom. The van der Waals surface area contributed by atoms with Crippen molar-refractivity contribution in [2.45, 2.75) is 51.6 Å². The standard InChI is InChI=1S/C20H31N3O2/c1-3-16-5-7-18(21-13-16)15-22-11-9-19-17(14-22)6-8-20(24)23(19)10-4-12-25-2/h5,7,13,17,19H,3-4,6,8-12,14-15H2,1-2H3/t17-,19+/m0/s1. The molecule has 0 N–H and O–H groups in total. The van der Waals surface area contributed by atoms with Crippen molar-refractivity contribution >= 4 is 5.91 Å². The van der Waals surface area contributed by atoms with E-state index in [1.807, 2.05) is 6.20 Å². The molecule has 0 radical (unpaired) electrons. The van der Waals surface area contributed by atoms with Gasteiger partial charge in [-0.2, -0.15) is 0 Å². The Morgan fingerprint density at radius 3 is 2.92 bits per heavy atom. The highest BCUT2D eigenvalue weighted by Gasteiger charge is 2.38. The van der Waals surface area contributed by atoms with Crippen molar-refractivity contribution in [2.75, 3.05) is 33.4 Å². The van der Waals surface area contributed by atoms with Crippen LogP contribution in [0.25, 0.3) is 0 Å². The van der Waals surface area contributed by atoms with Crippen LogP contribution in [-0.2, 0) is 22.5 Å². The topological polar surface area (TPSA) is 45.7 Å². The summed E-state index contributed by atoms with van der Waals surface area (Å²) in [6.07, 6.45) is 6.78. The normalized spacial score (nSPS) is 24.4. The average Bonchev–Trinajstić information content (AvgIpc) is 2.64. The molecule has 0 aromatic carbocycles. The van der Waals surface area contributed by atoms with Crippen LogP contribution in [-0.4, -0.2) is 60.1 Å². The van der Waals surface area contributed by atoms with E-state index in [-0.39, 0.29) is 0 Å². The summed E-state index contributed by atoms with van der Waals surface area (Å²) in [7, 11) is 1.72. The number of ether oxygens (including phenoxy) is 1. The Bertz CT molecular complexity index is 561. The van der Waals surface area contributed by atoms with Crippen LogP contribution in [0.1, 0.15) is 43.9 Å². The summed E-state index contributed by atoms with van der Waals surface area (Å²) >= 11 is 0. The second-order valence-corrected chi connectivity index (χ2v) is 7.33. The number of hydrogen-bond donors (Lipinski definition) is 0. The Morgan fingerprint density at radius 1 is 1.32 bits per heavy atom. The number of aromatic nitrogens is 1. The smallest absolute Gasteiger partial charge is 0.222 e. The maximum absolute atomic E-state index is 12.3. The zero-order chi connectivity index (χ0) is 17.6. The van der Waals surface area contributed by atoms with Gasteiger partial charge in [-0.25, -0.2) is 0 Å². The van der Waals surface area contributed by atoms with Gasteiger partial charge in [0, 0.05) is 58.6 Å². The molecule has 0 spiro atoms.